The fourth-order valence-corrected chi connectivity index (χ4v) is 3.58. The number of hydrogen-bond donors (Lipinski definition) is 2. The van der Waals surface area contributed by atoms with Gasteiger partial charge in [-0.1, -0.05) is 59.3 Å². The molecule has 4 aromatic carbocycles. The first kappa shape index (κ1) is 26.0. The van der Waals surface area contributed by atoms with Gasteiger partial charge in [-0.3, -0.25) is 15.1 Å². The van der Waals surface area contributed by atoms with Crippen molar-refractivity contribution in [2.75, 3.05) is 29.2 Å². The minimum Gasteiger partial charge on any atom is -0.497 e. The third-order valence-corrected chi connectivity index (χ3v) is 5.61. The van der Waals surface area contributed by atoms with Gasteiger partial charge in [0.15, 0.2) is 0 Å². The van der Waals surface area contributed by atoms with Crippen molar-refractivity contribution >= 4 is 34.9 Å². The van der Waals surface area contributed by atoms with Crippen molar-refractivity contribution in [3.63, 3.8) is 0 Å². The molecule has 0 atom stereocenters. The van der Waals surface area contributed by atoms with Gasteiger partial charge in [-0.2, -0.15) is 0 Å². The van der Waals surface area contributed by atoms with Crippen LogP contribution in [-0.4, -0.2) is 31.5 Å². The number of anilines is 3. The molecule has 0 aliphatic heterocycles. The van der Waals surface area contributed by atoms with Crippen molar-refractivity contribution in [3.05, 3.63) is 120 Å². The summed E-state index contributed by atoms with van der Waals surface area (Å²) in [6.45, 7) is 1.99. The van der Waals surface area contributed by atoms with E-state index < -0.39 is 6.09 Å². The van der Waals surface area contributed by atoms with E-state index >= 15 is 0 Å². The van der Waals surface area contributed by atoms with Crippen LogP contribution < -0.4 is 20.3 Å². The third-order valence-electron chi connectivity index (χ3n) is 5.61. The lowest BCUT2D eigenvalue weighted by Crippen LogP contribution is -2.39. The largest absolute Gasteiger partial charge is 0.497 e. The van der Waals surface area contributed by atoms with Crippen LogP contribution in [0.1, 0.15) is 11.1 Å². The molecule has 192 valence electrons. The van der Waals surface area contributed by atoms with Crippen molar-refractivity contribution in [1.29, 1.82) is 0 Å². The van der Waals surface area contributed by atoms with Crippen LogP contribution in [0.2, 0.25) is 0 Å². The molecule has 0 aromatic heterocycles. The zero-order chi connectivity index (χ0) is 26.7. The Bertz CT molecular complexity index is 1370. The molecule has 0 heterocycles. The molecule has 0 radical (unpaired) electrons. The van der Waals surface area contributed by atoms with Gasteiger partial charge < -0.3 is 10.1 Å². The number of rotatable bonds is 8. The maximum absolute atomic E-state index is 13.5. The number of ether oxygens (including phenoxy) is 1. The molecule has 0 bridgehead atoms. The zero-order valence-electron chi connectivity index (χ0n) is 21.1. The van der Waals surface area contributed by atoms with Gasteiger partial charge in [0, 0.05) is 22.6 Å². The average Bonchev–Trinajstić information content (AvgIpc) is 2.95. The lowest BCUT2D eigenvalue weighted by atomic mass is 10.1. The molecular weight excluding hydrogens is 480 g/mol. The average molecular weight is 509 g/mol. The first-order valence-electron chi connectivity index (χ1n) is 12.0. The number of amides is 3. The van der Waals surface area contributed by atoms with Crippen molar-refractivity contribution in [2.24, 2.45) is 5.16 Å². The fourth-order valence-electron chi connectivity index (χ4n) is 3.58. The molecule has 0 saturated heterocycles. The van der Waals surface area contributed by atoms with E-state index in [9.17, 15) is 9.59 Å². The molecule has 3 amide bonds. The van der Waals surface area contributed by atoms with Crippen LogP contribution in [0.25, 0.3) is 0 Å². The van der Waals surface area contributed by atoms with Gasteiger partial charge in [0.1, 0.15) is 11.5 Å². The number of methoxy groups -OCH3 is 1. The molecule has 0 aliphatic carbocycles. The molecule has 8 heteroatoms. The number of nitrogens with zero attached hydrogens (tertiary/aromatic N) is 2. The van der Waals surface area contributed by atoms with E-state index in [0.29, 0.717) is 34.1 Å². The molecule has 4 aromatic rings. The highest BCUT2D eigenvalue weighted by molar-refractivity contribution is 6.10. The van der Waals surface area contributed by atoms with Gasteiger partial charge in [-0.15, -0.1) is 0 Å². The van der Waals surface area contributed by atoms with Gasteiger partial charge in [0.25, 0.3) is 0 Å². The van der Waals surface area contributed by atoms with Crippen molar-refractivity contribution in [1.82, 2.24) is 0 Å². The summed E-state index contributed by atoms with van der Waals surface area (Å²) in [6, 6.07) is 32.4. The Labute approximate surface area is 221 Å². The van der Waals surface area contributed by atoms with Crippen LogP contribution in [0.15, 0.2) is 114 Å². The normalized spacial score (nSPS) is 10.8. The Kier molecular flexibility index (Phi) is 8.70. The van der Waals surface area contributed by atoms with E-state index in [1.165, 1.54) is 4.90 Å². The highest BCUT2D eigenvalue weighted by Gasteiger charge is 2.21. The molecule has 8 nitrogen and oxygen atoms in total. The number of para-hydroxylation sites is 2. The highest BCUT2D eigenvalue weighted by Crippen LogP contribution is 2.20. The summed E-state index contributed by atoms with van der Waals surface area (Å²) in [5.41, 5.74) is 3.95. The number of carbonyl (C=O) groups is 2. The lowest BCUT2D eigenvalue weighted by Gasteiger charge is -2.24. The minimum atomic E-state index is -0.752. The highest BCUT2D eigenvalue weighted by atomic mass is 16.7. The van der Waals surface area contributed by atoms with Crippen molar-refractivity contribution in [3.8, 4) is 5.75 Å². The molecule has 0 unspecified atom stereocenters. The van der Waals surface area contributed by atoms with Gasteiger partial charge in [0.05, 0.1) is 13.7 Å². The quantitative estimate of drug-likeness (QED) is 0.157. The topological polar surface area (TPSA) is 92.3 Å². The van der Waals surface area contributed by atoms with Crippen LogP contribution in [0.3, 0.4) is 0 Å². The number of urea groups is 1. The van der Waals surface area contributed by atoms with Crippen LogP contribution >= 0.6 is 0 Å². The molecular formula is C30H28N4O4. The Balaban J connectivity index is 1.64. The third kappa shape index (κ3) is 7.20. The summed E-state index contributed by atoms with van der Waals surface area (Å²) in [6.07, 6.45) is -0.752. The van der Waals surface area contributed by atoms with Crippen molar-refractivity contribution in [2.45, 2.75) is 6.92 Å². The lowest BCUT2D eigenvalue weighted by molar-refractivity contribution is 0.166. The SMILES string of the molecule is COc1ccc(/C(CN(C(=O)Nc2ccccc2)c2ccc(C)cc2)=N\OC(=O)Nc2ccccc2)cc1. The predicted molar refractivity (Wildman–Crippen MR) is 150 cm³/mol. The van der Waals surface area contributed by atoms with Crippen LogP contribution in [0.5, 0.6) is 5.75 Å². The number of carbonyl (C=O) groups excluding carboxylic acids is 2. The van der Waals surface area contributed by atoms with Gasteiger partial charge in [0.2, 0.25) is 0 Å². The maximum Gasteiger partial charge on any atom is 0.437 e. The van der Waals surface area contributed by atoms with E-state index in [0.717, 1.165) is 5.56 Å². The van der Waals surface area contributed by atoms with Crippen LogP contribution in [0, 0.1) is 6.92 Å². The fraction of sp³-hybridized carbons (Fsp3) is 0.100. The summed E-state index contributed by atoms with van der Waals surface area (Å²) >= 11 is 0. The maximum atomic E-state index is 13.5. The molecule has 0 fully saturated rings. The second-order valence-electron chi connectivity index (χ2n) is 8.35. The molecule has 0 spiro atoms. The first-order valence-corrected chi connectivity index (χ1v) is 12.0. The summed E-state index contributed by atoms with van der Waals surface area (Å²) in [4.78, 5) is 32.7. The minimum absolute atomic E-state index is 0.0205. The monoisotopic (exact) mass is 508 g/mol. The van der Waals surface area contributed by atoms with Crippen LogP contribution in [-0.2, 0) is 4.84 Å². The zero-order valence-corrected chi connectivity index (χ0v) is 21.1. The molecule has 0 aliphatic rings. The van der Waals surface area contributed by atoms with Crippen LogP contribution in [0.4, 0.5) is 26.7 Å². The number of oxime groups is 1. The first-order chi connectivity index (χ1) is 18.5. The van der Waals surface area contributed by atoms with Crippen molar-refractivity contribution < 1.29 is 19.2 Å². The van der Waals surface area contributed by atoms with Gasteiger partial charge >= 0.3 is 12.1 Å². The van der Waals surface area contributed by atoms with Gasteiger partial charge in [-0.25, -0.2) is 9.59 Å². The van der Waals surface area contributed by atoms with E-state index in [-0.39, 0.29) is 12.6 Å². The second-order valence-corrected chi connectivity index (χ2v) is 8.35. The number of hydrogen-bond acceptors (Lipinski definition) is 5. The Morgan fingerprint density at radius 1 is 0.763 bits per heavy atom. The molecule has 38 heavy (non-hydrogen) atoms. The van der Waals surface area contributed by atoms with E-state index in [1.807, 2.05) is 55.5 Å². The van der Waals surface area contributed by atoms with E-state index in [2.05, 4.69) is 15.8 Å². The predicted octanol–water partition coefficient (Wildman–Crippen LogP) is 6.70. The van der Waals surface area contributed by atoms with E-state index in [4.69, 9.17) is 9.57 Å². The summed E-state index contributed by atoms with van der Waals surface area (Å²) in [5.74, 6) is 0.660. The standard InChI is InChI=1S/C30H28N4O4/c1-22-13-17-26(18-14-22)34(29(35)31-24-9-5-3-6-10-24)21-28(23-15-19-27(37-2)20-16-23)33-38-30(36)32-25-11-7-4-8-12-25/h3-20H,21H2,1-2H3,(H,31,35)(H,32,36)/b33-28-. The summed E-state index contributed by atoms with van der Waals surface area (Å²) in [7, 11) is 1.58. The summed E-state index contributed by atoms with van der Waals surface area (Å²) < 4.78 is 5.27. The van der Waals surface area contributed by atoms with Gasteiger partial charge in [-0.05, 0) is 67.6 Å². The Hall–Kier alpha value is -5.11. The number of aryl methyl sites for hydroxylation is 1. The second kappa shape index (κ2) is 12.7. The Morgan fingerprint density at radius 2 is 1.34 bits per heavy atom. The number of benzene rings is 4. The molecule has 4 rings (SSSR count). The summed E-state index contributed by atoms with van der Waals surface area (Å²) in [5, 5.41) is 9.71. The molecule has 2 N–H and O–H groups in total. The Morgan fingerprint density at radius 3 is 1.92 bits per heavy atom. The van der Waals surface area contributed by atoms with E-state index in [1.54, 1.807) is 67.8 Å². The smallest absolute Gasteiger partial charge is 0.437 e. The molecule has 0 saturated carbocycles. The number of nitrogens with one attached hydrogen (secondary N) is 2.